The first kappa shape index (κ1) is 16.2. The maximum atomic E-state index is 11.4. The molecule has 1 N–H and O–H groups in total. The zero-order valence-electron chi connectivity index (χ0n) is 12.1. The van der Waals surface area contributed by atoms with Gasteiger partial charge in [-0.15, -0.1) is 0 Å². The lowest BCUT2D eigenvalue weighted by Crippen LogP contribution is -2.24. The first-order valence-corrected chi connectivity index (χ1v) is 9.37. The van der Waals surface area contributed by atoms with Crippen molar-refractivity contribution in [2.24, 2.45) is 0 Å². The molecule has 0 fully saturated rings. The number of aliphatic hydroxyl groups excluding tert-OH is 1. The van der Waals surface area contributed by atoms with Gasteiger partial charge in [-0.05, 0) is 47.1 Å². The second kappa shape index (κ2) is 6.70. The predicted molar refractivity (Wildman–Crippen MR) is 85.2 cm³/mol. The molecule has 4 nitrogen and oxygen atoms in total. The van der Waals surface area contributed by atoms with Gasteiger partial charge in [-0.2, -0.15) is 11.3 Å². The smallest absolute Gasteiger partial charge is 0.175 e. The molecule has 1 heterocycles. The van der Waals surface area contributed by atoms with Crippen LogP contribution in [0.15, 0.2) is 46.0 Å². The Hall–Kier alpha value is -1.21. The van der Waals surface area contributed by atoms with Crippen LogP contribution >= 0.6 is 11.3 Å². The van der Waals surface area contributed by atoms with E-state index in [1.54, 1.807) is 23.5 Å². The maximum Gasteiger partial charge on any atom is 0.175 e. The van der Waals surface area contributed by atoms with Crippen LogP contribution in [0.2, 0.25) is 0 Å². The lowest BCUT2D eigenvalue weighted by Gasteiger charge is -2.20. The molecule has 0 radical (unpaired) electrons. The molecule has 6 heteroatoms. The second-order valence-electron chi connectivity index (χ2n) is 5.19. The molecule has 1 aromatic heterocycles. The average molecular weight is 325 g/mol. The molecule has 0 saturated heterocycles. The van der Waals surface area contributed by atoms with Crippen LogP contribution in [0.5, 0.6) is 0 Å². The Morgan fingerprint density at radius 1 is 1.24 bits per heavy atom. The third kappa shape index (κ3) is 4.64. The number of nitrogens with zero attached hydrogens (tertiary/aromatic N) is 1. The number of hydrogen-bond donors (Lipinski definition) is 1. The van der Waals surface area contributed by atoms with Gasteiger partial charge in [0.1, 0.15) is 0 Å². The largest absolute Gasteiger partial charge is 0.387 e. The predicted octanol–water partition coefficient (Wildman–Crippen LogP) is 2.32. The summed E-state index contributed by atoms with van der Waals surface area (Å²) in [7, 11) is -1.24. The molecule has 1 aromatic carbocycles. The van der Waals surface area contributed by atoms with Crippen molar-refractivity contribution >= 4 is 21.2 Å². The van der Waals surface area contributed by atoms with E-state index in [1.807, 2.05) is 17.3 Å². The zero-order chi connectivity index (χ0) is 15.5. The lowest BCUT2D eigenvalue weighted by atomic mass is 10.1. The van der Waals surface area contributed by atoms with Crippen LogP contribution in [0.4, 0.5) is 0 Å². The fraction of sp³-hybridized carbons (Fsp3) is 0.333. The normalized spacial score (nSPS) is 13.5. The van der Waals surface area contributed by atoms with Crippen molar-refractivity contribution in [1.82, 2.24) is 4.90 Å². The maximum absolute atomic E-state index is 11.4. The number of hydrogen-bond acceptors (Lipinski definition) is 5. The van der Waals surface area contributed by atoms with Gasteiger partial charge in [-0.1, -0.05) is 12.1 Å². The first-order valence-electron chi connectivity index (χ1n) is 6.54. The van der Waals surface area contributed by atoms with Gasteiger partial charge < -0.3 is 5.11 Å². The van der Waals surface area contributed by atoms with E-state index in [0.29, 0.717) is 6.54 Å². The Morgan fingerprint density at radius 3 is 2.43 bits per heavy atom. The Labute approximate surface area is 129 Å². The minimum Gasteiger partial charge on any atom is -0.387 e. The number of rotatable bonds is 6. The number of thiophene rings is 1. The van der Waals surface area contributed by atoms with E-state index in [-0.39, 0.29) is 4.90 Å². The second-order valence-corrected chi connectivity index (χ2v) is 7.98. The molecule has 2 aromatic rings. The van der Waals surface area contributed by atoms with Crippen LogP contribution in [0.3, 0.4) is 0 Å². The molecule has 21 heavy (non-hydrogen) atoms. The van der Waals surface area contributed by atoms with E-state index in [4.69, 9.17) is 0 Å². The van der Waals surface area contributed by atoms with Gasteiger partial charge in [0.15, 0.2) is 9.84 Å². The van der Waals surface area contributed by atoms with Gasteiger partial charge in [0.2, 0.25) is 0 Å². The molecule has 0 aliphatic carbocycles. The summed E-state index contributed by atoms with van der Waals surface area (Å²) in [6, 6.07) is 8.47. The van der Waals surface area contributed by atoms with Crippen LogP contribution in [-0.4, -0.2) is 38.3 Å². The molecule has 0 aliphatic rings. The zero-order valence-corrected chi connectivity index (χ0v) is 13.7. The fourth-order valence-corrected chi connectivity index (χ4v) is 3.39. The van der Waals surface area contributed by atoms with Crippen molar-refractivity contribution in [3.05, 3.63) is 52.2 Å². The Kier molecular flexibility index (Phi) is 5.16. The topological polar surface area (TPSA) is 57.6 Å². The van der Waals surface area contributed by atoms with Gasteiger partial charge in [-0.25, -0.2) is 8.42 Å². The summed E-state index contributed by atoms with van der Waals surface area (Å²) in [4.78, 5) is 2.31. The average Bonchev–Trinajstić information content (AvgIpc) is 2.90. The summed E-state index contributed by atoms with van der Waals surface area (Å²) in [6.45, 7) is 1.27. The van der Waals surface area contributed by atoms with Crippen molar-refractivity contribution in [2.45, 2.75) is 17.5 Å². The SMILES string of the molecule is CN(Cc1ccsc1)CC(O)c1ccc(S(C)(=O)=O)cc1. The van der Waals surface area contributed by atoms with Crippen molar-refractivity contribution in [3.63, 3.8) is 0 Å². The van der Waals surface area contributed by atoms with E-state index >= 15 is 0 Å². The van der Waals surface area contributed by atoms with Crippen LogP contribution in [-0.2, 0) is 16.4 Å². The number of likely N-dealkylation sites (N-methyl/N-ethyl adjacent to an activating group) is 1. The Balaban J connectivity index is 1.98. The van der Waals surface area contributed by atoms with E-state index in [9.17, 15) is 13.5 Å². The molecular formula is C15H19NO3S2. The third-order valence-electron chi connectivity index (χ3n) is 3.21. The number of sulfone groups is 1. The Bertz CT molecular complexity index is 663. The molecule has 0 spiro atoms. The summed E-state index contributed by atoms with van der Waals surface area (Å²) < 4.78 is 22.8. The summed E-state index contributed by atoms with van der Waals surface area (Å²) in [5.41, 5.74) is 1.95. The molecule has 114 valence electrons. The summed E-state index contributed by atoms with van der Waals surface area (Å²) in [5, 5.41) is 14.3. The Morgan fingerprint density at radius 2 is 1.90 bits per heavy atom. The van der Waals surface area contributed by atoms with Gasteiger partial charge >= 0.3 is 0 Å². The highest BCUT2D eigenvalue weighted by Gasteiger charge is 2.13. The first-order chi connectivity index (χ1) is 9.86. The molecule has 2 rings (SSSR count). The molecule has 0 bridgehead atoms. The van der Waals surface area contributed by atoms with E-state index in [0.717, 1.165) is 12.1 Å². The third-order valence-corrected chi connectivity index (χ3v) is 5.07. The van der Waals surface area contributed by atoms with E-state index in [1.165, 1.54) is 24.0 Å². The molecule has 0 saturated carbocycles. The van der Waals surface area contributed by atoms with Crippen molar-refractivity contribution in [1.29, 1.82) is 0 Å². The molecule has 0 aliphatic heterocycles. The van der Waals surface area contributed by atoms with Crippen LogP contribution in [0.1, 0.15) is 17.2 Å². The highest BCUT2D eigenvalue weighted by Crippen LogP contribution is 2.18. The molecule has 0 amide bonds. The number of aliphatic hydroxyl groups is 1. The summed E-state index contributed by atoms with van der Waals surface area (Å²) in [5.74, 6) is 0. The van der Waals surface area contributed by atoms with E-state index < -0.39 is 15.9 Å². The standard InChI is InChI=1S/C15H19NO3S2/c1-16(9-12-7-8-20-11-12)10-15(17)13-3-5-14(6-4-13)21(2,18)19/h3-8,11,15,17H,9-10H2,1-2H3. The monoisotopic (exact) mass is 325 g/mol. The number of benzene rings is 1. The summed E-state index contributed by atoms with van der Waals surface area (Å²) in [6.07, 6.45) is 0.537. The highest BCUT2D eigenvalue weighted by atomic mass is 32.2. The fourth-order valence-electron chi connectivity index (χ4n) is 2.10. The molecule has 1 unspecified atom stereocenters. The lowest BCUT2D eigenvalue weighted by molar-refractivity contribution is 0.124. The minimum atomic E-state index is -3.19. The van der Waals surface area contributed by atoms with Crippen LogP contribution < -0.4 is 0 Å². The van der Waals surface area contributed by atoms with Crippen molar-refractivity contribution in [3.8, 4) is 0 Å². The van der Waals surface area contributed by atoms with Gasteiger partial charge in [0.25, 0.3) is 0 Å². The van der Waals surface area contributed by atoms with Gasteiger partial charge in [-0.3, -0.25) is 4.90 Å². The van der Waals surface area contributed by atoms with Crippen LogP contribution in [0.25, 0.3) is 0 Å². The van der Waals surface area contributed by atoms with Crippen molar-refractivity contribution < 1.29 is 13.5 Å². The highest BCUT2D eigenvalue weighted by molar-refractivity contribution is 7.90. The van der Waals surface area contributed by atoms with E-state index in [2.05, 4.69) is 11.4 Å². The molecule has 1 atom stereocenters. The van der Waals surface area contributed by atoms with Crippen LogP contribution in [0, 0.1) is 0 Å². The van der Waals surface area contributed by atoms with Gasteiger partial charge in [0.05, 0.1) is 11.0 Å². The quantitative estimate of drug-likeness (QED) is 0.885. The van der Waals surface area contributed by atoms with Crippen molar-refractivity contribution in [2.75, 3.05) is 19.8 Å². The summed E-state index contributed by atoms with van der Waals surface area (Å²) >= 11 is 1.65. The molecular weight excluding hydrogens is 306 g/mol. The minimum absolute atomic E-state index is 0.269. The van der Waals surface area contributed by atoms with Gasteiger partial charge in [0, 0.05) is 19.3 Å².